The maximum atomic E-state index is 13.6. The largest absolute Gasteiger partial charge is 0.456 e. The second kappa shape index (κ2) is 11.8. The second-order valence-corrected chi connectivity index (χ2v) is 9.87. The summed E-state index contributed by atoms with van der Waals surface area (Å²) < 4.78 is 6.45. The van der Waals surface area contributed by atoms with Gasteiger partial charge in [-0.2, -0.15) is 0 Å². The van der Waals surface area contributed by atoms with Crippen molar-refractivity contribution in [2.24, 2.45) is 0 Å². The van der Waals surface area contributed by atoms with E-state index in [0.29, 0.717) is 18.5 Å². The van der Waals surface area contributed by atoms with E-state index in [1.165, 1.54) is 23.1 Å². The number of ketones is 2. The van der Waals surface area contributed by atoms with E-state index < -0.39 is 46.7 Å². The van der Waals surface area contributed by atoms with Crippen molar-refractivity contribution in [1.29, 1.82) is 0 Å². The van der Waals surface area contributed by atoms with Crippen LogP contribution in [0, 0.1) is 0 Å². The third-order valence-corrected chi connectivity index (χ3v) is 5.68. The average Bonchev–Trinajstić information content (AvgIpc) is 2.85. The van der Waals surface area contributed by atoms with E-state index >= 15 is 0 Å². The number of unbranched alkanes of at least 4 members (excludes halogenated alkanes) is 1. The molecule has 38 heavy (non-hydrogen) atoms. The van der Waals surface area contributed by atoms with Crippen LogP contribution in [-0.2, 0) is 25.7 Å². The van der Waals surface area contributed by atoms with E-state index in [2.05, 4.69) is 4.98 Å². The lowest BCUT2D eigenvalue weighted by Crippen LogP contribution is -2.42. The summed E-state index contributed by atoms with van der Waals surface area (Å²) in [6, 6.07) is 8.67. The smallest absolute Gasteiger partial charge is 0.348 e. The summed E-state index contributed by atoms with van der Waals surface area (Å²) in [4.78, 5) is 70.0. The van der Waals surface area contributed by atoms with Gasteiger partial charge in [-0.25, -0.2) is 9.78 Å². The van der Waals surface area contributed by atoms with Gasteiger partial charge in [0.2, 0.25) is 17.5 Å². The molecule has 0 saturated heterocycles. The van der Waals surface area contributed by atoms with Crippen LogP contribution in [0.1, 0.15) is 50.9 Å². The Labute approximate surface area is 220 Å². The standard InChI is InChI=1S/C28H32N4O6/c1-5-6-15-31(16-19-13-10-14-20(33)23(19)35)21(34)17-32-25(18-11-8-7-9-12-18)30-24(29)22(26(32)36)27(37)38-28(2,3)4/h7-14H,5-6,15-17,29H2,1-4H3. The number of anilines is 1. The van der Waals surface area contributed by atoms with Crippen molar-refractivity contribution in [3.8, 4) is 11.4 Å². The molecule has 0 saturated carbocycles. The summed E-state index contributed by atoms with van der Waals surface area (Å²) in [5, 5.41) is 0. The Balaban J connectivity index is 2.06. The van der Waals surface area contributed by atoms with Crippen LogP contribution in [-0.4, -0.2) is 56.6 Å². The topological polar surface area (TPSA) is 142 Å². The van der Waals surface area contributed by atoms with Gasteiger partial charge in [0.05, 0.1) is 0 Å². The van der Waals surface area contributed by atoms with Gasteiger partial charge in [0.15, 0.2) is 5.56 Å². The Bertz CT molecular complexity index is 1370. The van der Waals surface area contributed by atoms with Crippen LogP contribution in [0.3, 0.4) is 0 Å². The summed E-state index contributed by atoms with van der Waals surface area (Å²) in [5.41, 5.74) is 4.58. The lowest BCUT2D eigenvalue weighted by atomic mass is 10.0. The van der Waals surface area contributed by atoms with E-state index in [1.807, 2.05) is 6.92 Å². The summed E-state index contributed by atoms with van der Waals surface area (Å²) >= 11 is 0. The summed E-state index contributed by atoms with van der Waals surface area (Å²) in [6.07, 6.45) is 5.56. The fourth-order valence-corrected chi connectivity index (χ4v) is 3.81. The first-order chi connectivity index (χ1) is 17.9. The number of allylic oxidation sites excluding steroid dienone is 3. The van der Waals surface area contributed by atoms with Crippen LogP contribution in [0.25, 0.3) is 11.4 Å². The molecule has 0 aliphatic heterocycles. The number of ether oxygens (including phenoxy) is 1. The molecular weight excluding hydrogens is 488 g/mol. The van der Waals surface area contributed by atoms with Gasteiger partial charge in [-0.1, -0.05) is 55.8 Å². The normalized spacial score (nSPS) is 13.3. The third-order valence-electron chi connectivity index (χ3n) is 5.68. The molecule has 1 aromatic carbocycles. The van der Waals surface area contributed by atoms with Gasteiger partial charge in [0, 0.05) is 24.2 Å². The number of aromatic nitrogens is 2. The first-order valence-electron chi connectivity index (χ1n) is 12.4. The van der Waals surface area contributed by atoms with Crippen molar-refractivity contribution in [2.45, 2.75) is 52.7 Å². The van der Waals surface area contributed by atoms with Crippen LogP contribution in [0.15, 0.2) is 58.9 Å². The van der Waals surface area contributed by atoms with Crippen LogP contribution in [0.4, 0.5) is 5.82 Å². The molecule has 0 radical (unpaired) electrons. The highest BCUT2D eigenvalue weighted by atomic mass is 16.6. The zero-order valence-corrected chi connectivity index (χ0v) is 22.0. The Morgan fingerprint density at radius 3 is 2.42 bits per heavy atom. The van der Waals surface area contributed by atoms with Crippen LogP contribution in [0.5, 0.6) is 0 Å². The maximum Gasteiger partial charge on any atom is 0.348 e. The van der Waals surface area contributed by atoms with Crippen molar-refractivity contribution in [1.82, 2.24) is 14.5 Å². The van der Waals surface area contributed by atoms with Gasteiger partial charge >= 0.3 is 5.97 Å². The van der Waals surface area contributed by atoms with E-state index in [0.717, 1.165) is 11.0 Å². The number of hydrogen-bond acceptors (Lipinski definition) is 8. The number of carbonyl (C=O) groups excluding carboxylic acids is 4. The van der Waals surface area contributed by atoms with Crippen molar-refractivity contribution < 1.29 is 23.9 Å². The molecule has 1 heterocycles. The van der Waals surface area contributed by atoms with Gasteiger partial charge in [0.25, 0.3) is 5.56 Å². The molecular formula is C28H32N4O6. The van der Waals surface area contributed by atoms with Crippen LogP contribution >= 0.6 is 0 Å². The first kappa shape index (κ1) is 28.2. The van der Waals surface area contributed by atoms with E-state index in [-0.39, 0.29) is 23.8 Å². The van der Waals surface area contributed by atoms with Crippen molar-refractivity contribution in [2.75, 3.05) is 18.8 Å². The number of amides is 1. The number of nitrogen functional groups attached to an aromatic ring is 1. The molecule has 0 bridgehead atoms. The van der Waals surface area contributed by atoms with Gasteiger partial charge < -0.3 is 15.4 Å². The van der Waals surface area contributed by atoms with Gasteiger partial charge in [-0.05, 0) is 33.3 Å². The second-order valence-electron chi connectivity index (χ2n) is 9.87. The SMILES string of the molecule is CCCCN(CC1=CC=CC(=O)C1=O)C(=O)Cn1c(-c2ccccc2)nc(N)c(C(=O)OC(C)(C)C)c1=O. The van der Waals surface area contributed by atoms with E-state index in [4.69, 9.17) is 10.5 Å². The average molecular weight is 521 g/mol. The minimum atomic E-state index is -0.945. The quantitative estimate of drug-likeness (QED) is 0.302. The predicted octanol–water partition coefficient (Wildman–Crippen LogP) is 2.71. The zero-order chi connectivity index (χ0) is 28.0. The highest BCUT2D eigenvalue weighted by Crippen LogP contribution is 2.21. The summed E-state index contributed by atoms with van der Waals surface area (Å²) in [6.45, 7) is 6.65. The molecule has 3 rings (SSSR count). The lowest BCUT2D eigenvalue weighted by molar-refractivity contribution is -0.133. The number of nitrogens with zero attached hydrogens (tertiary/aromatic N) is 3. The number of benzene rings is 1. The Hall–Kier alpha value is -4.34. The van der Waals surface area contributed by atoms with Crippen LogP contribution < -0.4 is 11.3 Å². The molecule has 0 atom stereocenters. The zero-order valence-electron chi connectivity index (χ0n) is 22.0. The highest BCUT2D eigenvalue weighted by molar-refractivity contribution is 6.48. The molecule has 10 nitrogen and oxygen atoms in total. The molecule has 0 spiro atoms. The molecule has 10 heteroatoms. The maximum absolute atomic E-state index is 13.6. The van der Waals surface area contributed by atoms with Crippen molar-refractivity contribution in [3.05, 3.63) is 70.1 Å². The van der Waals surface area contributed by atoms with Crippen molar-refractivity contribution >= 4 is 29.3 Å². The molecule has 0 unspecified atom stereocenters. The number of nitrogens with two attached hydrogens (primary N) is 1. The molecule has 2 N–H and O–H groups in total. The molecule has 1 amide bonds. The van der Waals surface area contributed by atoms with Gasteiger partial charge in [-0.3, -0.25) is 23.7 Å². The van der Waals surface area contributed by atoms with Crippen molar-refractivity contribution in [3.63, 3.8) is 0 Å². The number of Topliss-reactive ketones (excluding diaryl/α,β-unsaturated/α-hetero) is 1. The van der Waals surface area contributed by atoms with Gasteiger partial charge in [0.1, 0.15) is 23.8 Å². The van der Waals surface area contributed by atoms with Crippen LogP contribution in [0.2, 0.25) is 0 Å². The fourth-order valence-electron chi connectivity index (χ4n) is 3.81. The van der Waals surface area contributed by atoms with E-state index in [9.17, 15) is 24.0 Å². The first-order valence-corrected chi connectivity index (χ1v) is 12.4. The fraction of sp³-hybridized carbons (Fsp3) is 0.357. The minimum absolute atomic E-state index is 0.0928. The minimum Gasteiger partial charge on any atom is -0.456 e. The monoisotopic (exact) mass is 520 g/mol. The molecule has 2 aromatic rings. The molecule has 0 fully saturated rings. The molecule has 1 aliphatic carbocycles. The van der Waals surface area contributed by atoms with E-state index in [1.54, 1.807) is 51.1 Å². The number of rotatable bonds is 9. The third kappa shape index (κ3) is 6.70. The molecule has 200 valence electrons. The number of esters is 1. The number of carbonyl (C=O) groups is 4. The Morgan fingerprint density at radius 2 is 1.79 bits per heavy atom. The highest BCUT2D eigenvalue weighted by Gasteiger charge is 2.29. The Kier molecular flexibility index (Phi) is 8.77. The summed E-state index contributed by atoms with van der Waals surface area (Å²) in [7, 11) is 0. The Morgan fingerprint density at radius 1 is 1.11 bits per heavy atom. The lowest BCUT2D eigenvalue weighted by Gasteiger charge is -2.25. The van der Waals surface area contributed by atoms with Gasteiger partial charge in [-0.15, -0.1) is 0 Å². The molecule has 1 aliphatic rings. The summed E-state index contributed by atoms with van der Waals surface area (Å²) in [5.74, 6) is -2.97. The predicted molar refractivity (Wildman–Crippen MR) is 142 cm³/mol. The molecule has 1 aromatic heterocycles. The number of hydrogen-bond donors (Lipinski definition) is 1.